The highest BCUT2D eigenvalue weighted by atomic mass is 16.5. The molecule has 0 aromatic heterocycles. The van der Waals surface area contributed by atoms with E-state index >= 15 is 0 Å². The maximum absolute atomic E-state index is 12.0. The molecule has 4 rings (SSSR count). The van der Waals surface area contributed by atoms with Gasteiger partial charge in [-0.2, -0.15) is 0 Å². The fourth-order valence-electron chi connectivity index (χ4n) is 2.73. The molecule has 0 amide bonds. The summed E-state index contributed by atoms with van der Waals surface area (Å²) in [6, 6.07) is 14.9. The lowest BCUT2D eigenvalue weighted by Gasteiger charge is -2.10. The van der Waals surface area contributed by atoms with Crippen molar-refractivity contribution in [3.8, 4) is 17.2 Å². The van der Waals surface area contributed by atoms with Gasteiger partial charge in [0.2, 0.25) is 11.6 Å². The van der Waals surface area contributed by atoms with Crippen LogP contribution >= 0.6 is 0 Å². The molecule has 0 saturated carbocycles. The van der Waals surface area contributed by atoms with Gasteiger partial charge in [0.1, 0.15) is 17.2 Å². The molecule has 4 heteroatoms. The van der Waals surface area contributed by atoms with Gasteiger partial charge < -0.3 is 9.84 Å². The molecule has 0 fully saturated rings. The number of ether oxygens (including phenoxy) is 1. The minimum Gasteiger partial charge on any atom is -0.508 e. The highest BCUT2D eigenvalue weighted by molar-refractivity contribution is 6.57. The summed E-state index contributed by atoms with van der Waals surface area (Å²) in [7, 11) is 0. The third-order valence-electron chi connectivity index (χ3n) is 3.76. The van der Waals surface area contributed by atoms with E-state index in [-0.39, 0.29) is 5.75 Å². The molecule has 0 atom stereocenters. The third-order valence-corrected chi connectivity index (χ3v) is 3.76. The van der Waals surface area contributed by atoms with Crippen LogP contribution in [-0.2, 0) is 0 Å². The summed E-state index contributed by atoms with van der Waals surface area (Å²) in [5.74, 6) is 0.344. The molecule has 1 aliphatic carbocycles. The SMILES string of the molecule is O=C1C(=O)c2ccc(Oc3ccc(O)cc3)c3cccc1c23. The molecule has 0 saturated heterocycles. The zero-order valence-corrected chi connectivity index (χ0v) is 11.4. The molecule has 0 unspecified atom stereocenters. The number of ketones is 2. The number of Topliss-reactive ketones (excluding diaryl/α,β-unsaturated/α-hetero) is 2. The Morgan fingerprint density at radius 2 is 1.45 bits per heavy atom. The monoisotopic (exact) mass is 290 g/mol. The normalized spacial score (nSPS) is 12.9. The molecule has 4 nitrogen and oxygen atoms in total. The van der Waals surface area contributed by atoms with Crippen LogP contribution in [0.25, 0.3) is 10.8 Å². The van der Waals surface area contributed by atoms with Crippen molar-refractivity contribution in [2.45, 2.75) is 0 Å². The maximum atomic E-state index is 12.0. The average Bonchev–Trinajstić information content (AvgIpc) is 2.79. The van der Waals surface area contributed by atoms with Crippen LogP contribution < -0.4 is 4.74 Å². The maximum Gasteiger partial charge on any atom is 0.234 e. The summed E-state index contributed by atoms with van der Waals surface area (Å²) >= 11 is 0. The number of phenols is 1. The van der Waals surface area contributed by atoms with E-state index in [0.717, 1.165) is 5.39 Å². The number of carbonyl (C=O) groups excluding carboxylic acids is 2. The standard InChI is InChI=1S/C18H10O4/c19-10-4-6-11(7-5-10)22-15-9-8-14-16-12(15)2-1-3-13(16)17(20)18(14)21/h1-9,19H. The Balaban J connectivity index is 1.89. The minimum absolute atomic E-state index is 0.156. The van der Waals surface area contributed by atoms with E-state index in [4.69, 9.17) is 4.74 Å². The molecule has 0 heterocycles. The van der Waals surface area contributed by atoms with E-state index < -0.39 is 11.6 Å². The zero-order chi connectivity index (χ0) is 15.3. The van der Waals surface area contributed by atoms with Crippen LogP contribution in [0.15, 0.2) is 54.6 Å². The molecule has 106 valence electrons. The topological polar surface area (TPSA) is 63.6 Å². The first kappa shape index (κ1) is 12.6. The van der Waals surface area contributed by atoms with Gasteiger partial charge in [0, 0.05) is 21.9 Å². The van der Waals surface area contributed by atoms with Crippen LogP contribution in [0.3, 0.4) is 0 Å². The van der Waals surface area contributed by atoms with E-state index in [1.165, 1.54) is 12.1 Å². The lowest BCUT2D eigenvalue weighted by Crippen LogP contribution is -2.05. The molecule has 1 aliphatic rings. The molecule has 3 aromatic rings. The van der Waals surface area contributed by atoms with Crippen molar-refractivity contribution in [3.63, 3.8) is 0 Å². The van der Waals surface area contributed by atoms with Gasteiger partial charge in [-0.25, -0.2) is 0 Å². The lowest BCUT2D eigenvalue weighted by atomic mass is 10.0. The Bertz CT molecular complexity index is 919. The summed E-state index contributed by atoms with van der Waals surface area (Å²) in [6.45, 7) is 0. The first-order valence-corrected chi connectivity index (χ1v) is 6.77. The van der Waals surface area contributed by atoms with Crippen LogP contribution in [0.4, 0.5) is 0 Å². The van der Waals surface area contributed by atoms with Crippen LogP contribution in [0.2, 0.25) is 0 Å². The van der Waals surface area contributed by atoms with Gasteiger partial charge in [-0.15, -0.1) is 0 Å². The number of rotatable bonds is 2. The van der Waals surface area contributed by atoms with Crippen LogP contribution in [0.5, 0.6) is 17.2 Å². The second-order valence-electron chi connectivity index (χ2n) is 5.09. The van der Waals surface area contributed by atoms with Crippen LogP contribution in [-0.4, -0.2) is 16.7 Å². The highest BCUT2D eigenvalue weighted by Crippen LogP contribution is 2.38. The second-order valence-corrected chi connectivity index (χ2v) is 5.09. The van der Waals surface area contributed by atoms with E-state index in [9.17, 15) is 14.7 Å². The molecular formula is C18H10O4. The van der Waals surface area contributed by atoms with Crippen molar-refractivity contribution in [2.24, 2.45) is 0 Å². The highest BCUT2D eigenvalue weighted by Gasteiger charge is 2.31. The molecule has 0 radical (unpaired) electrons. The first-order valence-electron chi connectivity index (χ1n) is 6.77. The predicted molar refractivity (Wildman–Crippen MR) is 80.8 cm³/mol. The lowest BCUT2D eigenvalue weighted by molar-refractivity contribution is 0.0825. The summed E-state index contributed by atoms with van der Waals surface area (Å²) < 4.78 is 5.82. The van der Waals surface area contributed by atoms with Gasteiger partial charge >= 0.3 is 0 Å². The minimum atomic E-state index is -0.470. The first-order chi connectivity index (χ1) is 10.6. The van der Waals surface area contributed by atoms with Gasteiger partial charge in [-0.3, -0.25) is 9.59 Å². The Hall–Kier alpha value is -3.14. The Morgan fingerprint density at radius 1 is 0.773 bits per heavy atom. The smallest absolute Gasteiger partial charge is 0.234 e. The number of carbonyl (C=O) groups is 2. The predicted octanol–water partition coefficient (Wildman–Crippen LogP) is 3.72. The second kappa shape index (κ2) is 4.43. The molecule has 1 N–H and O–H groups in total. The van der Waals surface area contributed by atoms with Crippen molar-refractivity contribution >= 4 is 22.3 Å². The summed E-state index contributed by atoms with van der Waals surface area (Å²) in [5.41, 5.74) is 0.849. The Labute approximate surface area is 125 Å². The van der Waals surface area contributed by atoms with Crippen molar-refractivity contribution < 1.29 is 19.4 Å². The fourth-order valence-corrected chi connectivity index (χ4v) is 2.73. The van der Waals surface area contributed by atoms with E-state index in [1.54, 1.807) is 36.4 Å². The zero-order valence-electron chi connectivity index (χ0n) is 11.4. The molecular weight excluding hydrogens is 280 g/mol. The van der Waals surface area contributed by atoms with Gasteiger partial charge in [0.15, 0.2) is 0 Å². The van der Waals surface area contributed by atoms with Crippen molar-refractivity contribution in [2.75, 3.05) is 0 Å². The van der Waals surface area contributed by atoms with Crippen LogP contribution in [0, 0.1) is 0 Å². The summed E-state index contributed by atoms with van der Waals surface area (Å²) in [5, 5.41) is 10.7. The third kappa shape index (κ3) is 1.71. The quantitative estimate of drug-likeness (QED) is 0.731. The van der Waals surface area contributed by atoms with Gasteiger partial charge in [0.25, 0.3) is 0 Å². The molecule has 3 aromatic carbocycles. The Morgan fingerprint density at radius 3 is 2.18 bits per heavy atom. The van der Waals surface area contributed by atoms with E-state index in [1.807, 2.05) is 6.07 Å². The van der Waals surface area contributed by atoms with Crippen molar-refractivity contribution in [3.05, 3.63) is 65.7 Å². The fraction of sp³-hybridized carbons (Fsp3) is 0. The summed E-state index contributed by atoms with van der Waals surface area (Å²) in [6.07, 6.45) is 0. The van der Waals surface area contributed by atoms with Gasteiger partial charge in [-0.1, -0.05) is 18.2 Å². The van der Waals surface area contributed by atoms with Gasteiger partial charge in [0.05, 0.1) is 0 Å². The number of hydrogen-bond acceptors (Lipinski definition) is 4. The number of phenolic OH excluding ortho intramolecular Hbond substituents is 1. The van der Waals surface area contributed by atoms with Crippen LogP contribution in [0.1, 0.15) is 20.7 Å². The van der Waals surface area contributed by atoms with E-state index in [0.29, 0.717) is 28.0 Å². The van der Waals surface area contributed by atoms with E-state index in [2.05, 4.69) is 0 Å². The average molecular weight is 290 g/mol. The Kier molecular flexibility index (Phi) is 2.53. The number of benzene rings is 3. The largest absolute Gasteiger partial charge is 0.508 e. The van der Waals surface area contributed by atoms with Crippen molar-refractivity contribution in [1.82, 2.24) is 0 Å². The number of hydrogen-bond donors (Lipinski definition) is 1. The number of aromatic hydroxyl groups is 1. The molecule has 0 aliphatic heterocycles. The summed E-state index contributed by atoms with van der Waals surface area (Å²) in [4.78, 5) is 23.9. The van der Waals surface area contributed by atoms with Crippen molar-refractivity contribution in [1.29, 1.82) is 0 Å². The molecule has 0 bridgehead atoms. The molecule has 0 spiro atoms. The van der Waals surface area contributed by atoms with Gasteiger partial charge in [-0.05, 0) is 36.4 Å². The molecule has 22 heavy (non-hydrogen) atoms.